The number of hydrogen-bond donors (Lipinski definition) is 2. The molecular formula is C16H14Cl2INO4. The number of rotatable bonds is 6. The van der Waals surface area contributed by atoms with Crippen molar-refractivity contribution in [3.63, 3.8) is 0 Å². The third-order valence-corrected chi connectivity index (χ3v) is 4.56. The van der Waals surface area contributed by atoms with Gasteiger partial charge in [-0.1, -0.05) is 23.2 Å². The third kappa shape index (κ3) is 4.89. The standard InChI is InChI=1S/C16H14Cl2INO4/c1-23-14-5-9(7-21)4-13(19)16(14)24-8-15(22)20-10-2-3-11(17)12(18)6-10/h2-6,21H,7-8H2,1H3,(H,20,22). The number of ether oxygens (including phenoxy) is 2. The Labute approximate surface area is 163 Å². The molecule has 0 aliphatic heterocycles. The van der Waals surface area contributed by atoms with Crippen molar-refractivity contribution in [3.05, 3.63) is 49.5 Å². The van der Waals surface area contributed by atoms with E-state index in [4.69, 9.17) is 32.7 Å². The number of anilines is 1. The summed E-state index contributed by atoms with van der Waals surface area (Å²) in [6.07, 6.45) is 0. The second-order valence-corrected chi connectivity index (χ2v) is 6.71. The smallest absolute Gasteiger partial charge is 0.262 e. The van der Waals surface area contributed by atoms with E-state index in [-0.39, 0.29) is 19.1 Å². The lowest BCUT2D eigenvalue weighted by atomic mass is 10.2. The van der Waals surface area contributed by atoms with Crippen LogP contribution < -0.4 is 14.8 Å². The summed E-state index contributed by atoms with van der Waals surface area (Å²) in [6.45, 7) is -0.310. The first kappa shape index (κ1) is 19.1. The Balaban J connectivity index is 2.04. The molecule has 8 heteroatoms. The molecule has 0 radical (unpaired) electrons. The van der Waals surface area contributed by atoms with Crippen LogP contribution in [0.2, 0.25) is 10.0 Å². The normalized spacial score (nSPS) is 10.4. The fourth-order valence-corrected chi connectivity index (χ4v) is 3.03. The Kier molecular flexibility index (Phi) is 6.97. The molecule has 0 spiro atoms. The van der Waals surface area contributed by atoms with Gasteiger partial charge in [-0.3, -0.25) is 4.79 Å². The number of carbonyl (C=O) groups excluding carboxylic acids is 1. The molecule has 0 atom stereocenters. The highest BCUT2D eigenvalue weighted by atomic mass is 127. The molecule has 1 amide bonds. The Bertz CT molecular complexity index is 755. The number of halogens is 3. The first-order valence-electron chi connectivity index (χ1n) is 6.79. The molecular weight excluding hydrogens is 468 g/mol. The lowest BCUT2D eigenvalue weighted by Gasteiger charge is -2.14. The van der Waals surface area contributed by atoms with E-state index in [1.165, 1.54) is 7.11 Å². The van der Waals surface area contributed by atoms with Crippen LogP contribution in [-0.2, 0) is 11.4 Å². The average molecular weight is 482 g/mol. The first-order valence-corrected chi connectivity index (χ1v) is 8.63. The molecule has 2 N–H and O–H groups in total. The average Bonchev–Trinajstić information content (AvgIpc) is 2.56. The van der Waals surface area contributed by atoms with E-state index in [0.29, 0.717) is 32.8 Å². The fourth-order valence-electron chi connectivity index (χ4n) is 1.91. The maximum atomic E-state index is 12.0. The highest BCUT2D eigenvalue weighted by Gasteiger charge is 2.13. The Hall–Kier alpha value is -1.22. The van der Waals surface area contributed by atoms with Crippen molar-refractivity contribution in [2.24, 2.45) is 0 Å². The molecule has 0 fully saturated rings. The third-order valence-electron chi connectivity index (χ3n) is 3.02. The van der Waals surface area contributed by atoms with Crippen LogP contribution in [0.3, 0.4) is 0 Å². The molecule has 0 unspecified atom stereocenters. The first-order chi connectivity index (χ1) is 11.4. The molecule has 0 aliphatic carbocycles. The van der Waals surface area contributed by atoms with Gasteiger partial charge in [-0.05, 0) is 58.5 Å². The zero-order chi connectivity index (χ0) is 17.7. The summed E-state index contributed by atoms with van der Waals surface area (Å²) in [5.41, 5.74) is 1.22. The highest BCUT2D eigenvalue weighted by molar-refractivity contribution is 14.1. The van der Waals surface area contributed by atoms with E-state index in [1.54, 1.807) is 30.3 Å². The maximum absolute atomic E-state index is 12.0. The van der Waals surface area contributed by atoms with Gasteiger partial charge in [0.05, 0.1) is 27.3 Å². The van der Waals surface area contributed by atoms with Crippen LogP contribution >= 0.6 is 45.8 Å². The SMILES string of the molecule is COc1cc(CO)cc(I)c1OCC(=O)Nc1ccc(Cl)c(Cl)c1. The number of amides is 1. The van der Waals surface area contributed by atoms with Gasteiger partial charge in [0.25, 0.3) is 5.91 Å². The van der Waals surface area contributed by atoms with Crippen molar-refractivity contribution in [2.45, 2.75) is 6.61 Å². The second kappa shape index (κ2) is 8.75. The van der Waals surface area contributed by atoms with Crippen LogP contribution in [0.15, 0.2) is 30.3 Å². The summed E-state index contributed by atoms with van der Waals surface area (Å²) in [7, 11) is 1.50. The molecule has 2 aromatic rings. The molecule has 0 saturated heterocycles. The van der Waals surface area contributed by atoms with E-state index in [9.17, 15) is 9.90 Å². The van der Waals surface area contributed by atoms with Gasteiger partial charge in [-0.15, -0.1) is 0 Å². The van der Waals surface area contributed by atoms with Crippen LogP contribution in [0.5, 0.6) is 11.5 Å². The van der Waals surface area contributed by atoms with Gasteiger partial charge in [-0.25, -0.2) is 0 Å². The van der Waals surface area contributed by atoms with E-state index < -0.39 is 0 Å². The number of hydrogen-bond acceptors (Lipinski definition) is 4. The van der Waals surface area contributed by atoms with Crippen molar-refractivity contribution >= 4 is 57.4 Å². The minimum absolute atomic E-state index is 0.107. The van der Waals surface area contributed by atoms with Gasteiger partial charge in [0, 0.05) is 5.69 Å². The van der Waals surface area contributed by atoms with Gasteiger partial charge in [0.1, 0.15) is 0 Å². The van der Waals surface area contributed by atoms with Gasteiger partial charge < -0.3 is 19.9 Å². The van der Waals surface area contributed by atoms with Crippen LogP contribution in [0.25, 0.3) is 0 Å². The van der Waals surface area contributed by atoms with Crippen molar-refractivity contribution < 1.29 is 19.4 Å². The number of benzene rings is 2. The summed E-state index contributed by atoms with van der Waals surface area (Å²) in [4.78, 5) is 12.0. The summed E-state index contributed by atoms with van der Waals surface area (Å²) >= 11 is 13.8. The zero-order valence-electron chi connectivity index (χ0n) is 12.6. The van der Waals surface area contributed by atoms with E-state index >= 15 is 0 Å². The predicted octanol–water partition coefficient (Wildman–Crippen LogP) is 4.12. The maximum Gasteiger partial charge on any atom is 0.262 e. The quantitative estimate of drug-likeness (QED) is 0.609. The van der Waals surface area contributed by atoms with Crippen LogP contribution in [-0.4, -0.2) is 24.7 Å². The largest absolute Gasteiger partial charge is 0.493 e. The molecule has 2 aromatic carbocycles. The predicted molar refractivity (Wildman–Crippen MR) is 102 cm³/mol. The molecule has 0 aliphatic rings. The minimum Gasteiger partial charge on any atom is -0.493 e. The molecule has 2 rings (SSSR count). The van der Waals surface area contributed by atoms with Crippen molar-refractivity contribution in [2.75, 3.05) is 19.0 Å². The number of aliphatic hydroxyl groups excluding tert-OH is 1. The number of nitrogens with one attached hydrogen (secondary N) is 1. The highest BCUT2D eigenvalue weighted by Crippen LogP contribution is 2.34. The fraction of sp³-hybridized carbons (Fsp3) is 0.188. The molecule has 0 aromatic heterocycles. The number of aliphatic hydroxyl groups is 1. The number of carbonyl (C=O) groups is 1. The zero-order valence-corrected chi connectivity index (χ0v) is 16.3. The van der Waals surface area contributed by atoms with Crippen LogP contribution in [0, 0.1) is 3.57 Å². The van der Waals surface area contributed by atoms with E-state index in [0.717, 1.165) is 3.57 Å². The summed E-state index contributed by atoms with van der Waals surface area (Å²) in [6, 6.07) is 8.22. The molecule has 24 heavy (non-hydrogen) atoms. The Morgan fingerprint density at radius 2 is 2.00 bits per heavy atom. The topological polar surface area (TPSA) is 67.8 Å². The van der Waals surface area contributed by atoms with Gasteiger partial charge >= 0.3 is 0 Å². The summed E-state index contributed by atoms with van der Waals surface area (Å²) in [5, 5.41) is 12.6. The molecule has 128 valence electrons. The lowest BCUT2D eigenvalue weighted by molar-refractivity contribution is -0.118. The Morgan fingerprint density at radius 1 is 1.25 bits per heavy atom. The van der Waals surface area contributed by atoms with Crippen molar-refractivity contribution in [1.29, 1.82) is 0 Å². The van der Waals surface area contributed by atoms with Gasteiger partial charge in [0.2, 0.25) is 0 Å². The van der Waals surface area contributed by atoms with Crippen LogP contribution in [0.4, 0.5) is 5.69 Å². The minimum atomic E-state index is -0.350. The Morgan fingerprint density at radius 3 is 2.62 bits per heavy atom. The van der Waals surface area contributed by atoms with Crippen molar-refractivity contribution in [1.82, 2.24) is 0 Å². The van der Waals surface area contributed by atoms with Gasteiger partial charge in [-0.2, -0.15) is 0 Å². The lowest BCUT2D eigenvalue weighted by Crippen LogP contribution is -2.20. The molecule has 0 heterocycles. The number of methoxy groups -OCH3 is 1. The van der Waals surface area contributed by atoms with E-state index in [2.05, 4.69) is 27.9 Å². The monoisotopic (exact) mass is 481 g/mol. The second-order valence-electron chi connectivity index (χ2n) is 4.73. The molecule has 0 saturated carbocycles. The van der Waals surface area contributed by atoms with Crippen molar-refractivity contribution in [3.8, 4) is 11.5 Å². The van der Waals surface area contributed by atoms with Gasteiger partial charge in [0.15, 0.2) is 18.1 Å². The molecule has 0 bridgehead atoms. The summed E-state index contributed by atoms with van der Waals surface area (Å²) in [5.74, 6) is 0.547. The summed E-state index contributed by atoms with van der Waals surface area (Å²) < 4.78 is 11.5. The molecule has 5 nitrogen and oxygen atoms in total. The van der Waals surface area contributed by atoms with E-state index in [1.807, 2.05) is 0 Å². The van der Waals surface area contributed by atoms with Crippen LogP contribution in [0.1, 0.15) is 5.56 Å².